The number of amides is 1. The first-order valence-corrected chi connectivity index (χ1v) is 8.32. The Hall–Kier alpha value is -0.660. The fourth-order valence-corrected chi connectivity index (χ4v) is 3.47. The van der Waals surface area contributed by atoms with E-state index in [4.69, 9.17) is 5.11 Å². The van der Waals surface area contributed by atoms with Gasteiger partial charge in [0.15, 0.2) is 0 Å². The fraction of sp³-hybridized carbons (Fsp3) is 0.526. The van der Waals surface area contributed by atoms with E-state index in [0.717, 1.165) is 30.5 Å². The summed E-state index contributed by atoms with van der Waals surface area (Å²) in [4.78, 5) is 22.6. The third-order valence-electron chi connectivity index (χ3n) is 4.78. The Kier molecular flexibility index (Phi) is 15.3. The second-order valence-electron chi connectivity index (χ2n) is 6.53. The first kappa shape index (κ1) is 27.6. The molecule has 1 aromatic rings. The molecular weight excluding hydrogens is 362 g/mol. The summed E-state index contributed by atoms with van der Waals surface area (Å²) in [6.45, 7) is 5.49. The number of benzene rings is 1. The van der Waals surface area contributed by atoms with Crippen molar-refractivity contribution >= 4 is 50.1 Å². The predicted molar refractivity (Wildman–Crippen MR) is 102 cm³/mol. The zero-order chi connectivity index (χ0) is 16.7. The SMILES string of the molecule is O.O.O=[C-]N1CC2CCCCC2C1.[CH2-]C(Cc1ccccc1)C(=O)O.[Ca+2]. The van der Waals surface area contributed by atoms with Gasteiger partial charge in [0.05, 0.1) is 0 Å². The van der Waals surface area contributed by atoms with Crippen LogP contribution in [0.15, 0.2) is 30.3 Å². The van der Waals surface area contributed by atoms with Gasteiger partial charge in [-0.25, -0.2) is 0 Å². The van der Waals surface area contributed by atoms with Crippen LogP contribution in [-0.2, 0) is 16.0 Å². The maximum atomic E-state index is 10.4. The Morgan fingerprint density at radius 1 is 1.15 bits per heavy atom. The van der Waals surface area contributed by atoms with Gasteiger partial charge in [-0.1, -0.05) is 49.1 Å². The largest absolute Gasteiger partial charge is 2.00 e. The van der Waals surface area contributed by atoms with Gasteiger partial charge in [0.2, 0.25) is 0 Å². The summed E-state index contributed by atoms with van der Waals surface area (Å²) in [5.74, 6) is 0.224. The normalized spacial score (nSPS) is 21.3. The topological polar surface area (TPSA) is 121 Å². The number of carboxylic acids is 1. The molecule has 1 saturated carbocycles. The summed E-state index contributed by atoms with van der Waals surface area (Å²) in [6, 6.07) is 9.50. The Morgan fingerprint density at radius 3 is 2.08 bits per heavy atom. The summed E-state index contributed by atoms with van der Waals surface area (Å²) >= 11 is 0. The number of rotatable bonds is 4. The van der Waals surface area contributed by atoms with Crippen molar-refractivity contribution in [3.05, 3.63) is 42.8 Å². The molecule has 0 bridgehead atoms. The molecule has 142 valence electrons. The van der Waals surface area contributed by atoms with Gasteiger partial charge in [0.25, 0.3) is 5.97 Å². The van der Waals surface area contributed by atoms with E-state index in [9.17, 15) is 9.59 Å². The molecule has 7 heteroatoms. The number of nitrogens with zero attached hydrogens (tertiary/aromatic N) is 1. The molecule has 0 spiro atoms. The Labute approximate surface area is 185 Å². The van der Waals surface area contributed by atoms with Crippen molar-refractivity contribution in [3.63, 3.8) is 0 Å². The molecule has 1 heterocycles. The van der Waals surface area contributed by atoms with Crippen LogP contribution in [0.5, 0.6) is 0 Å². The smallest absolute Gasteiger partial charge is 0.520 e. The first-order valence-electron chi connectivity index (χ1n) is 8.32. The summed E-state index contributed by atoms with van der Waals surface area (Å²) in [5.41, 5.74) is 1.01. The van der Waals surface area contributed by atoms with Crippen molar-refractivity contribution in [3.8, 4) is 0 Å². The predicted octanol–water partition coefficient (Wildman–Crippen LogP) is 0.909. The van der Waals surface area contributed by atoms with Crippen LogP contribution in [0.1, 0.15) is 31.2 Å². The average molecular weight is 392 g/mol. The number of carbonyl (C=O) groups excluding carboxylic acids is 1. The number of hydrogen-bond acceptors (Lipinski definition) is 2. The van der Waals surface area contributed by atoms with Crippen LogP contribution in [0, 0.1) is 24.7 Å². The molecule has 5 N–H and O–H groups in total. The Balaban J connectivity index is 0. The summed E-state index contributed by atoms with van der Waals surface area (Å²) in [6.07, 6.45) is 7.91. The van der Waals surface area contributed by atoms with Gasteiger partial charge in [-0.2, -0.15) is 6.41 Å². The molecule has 1 aliphatic heterocycles. The minimum absolute atomic E-state index is 0. The van der Waals surface area contributed by atoms with E-state index < -0.39 is 11.9 Å². The van der Waals surface area contributed by atoms with Crippen molar-refractivity contribution in [2.75, 3.05) is 13.1 Å². The first-order chi connectivity index (χ1) is 11.1. The minimum Gasteiger partial charge on any atom is -0.520 e. The van der Waals surface area contributed by atoms with Gasteiger partial charge in [-0.15, -0.1) is 0 Å². The van der Waals surface area contributed by atoms with Crippen molar-refractivity contribution in [1.82, 2.24) is 4.90 Å². The number of fused-ring (bicyclic) bond motifs is 1. The van der Waals surface area contributed by atoms with E-state index in [-0.39, 0.29) is 48.7 Å². The van der Waals surface area contributed by atoms with Crippen molar-refractivity contribution in [2.45, 2.75) is 32.1 Å². The Bertz CT molecular complexity index is 500. The third-order valence-corrected chi connectivity index (χ3v) is 4.78. The molecule has 3 unspecified atom stereocenters. The molecule has 0 aromatic heterocycles. The van der Waals surface area contributed by atoms with E-state index in [2.05, 4.69) is 6.92 Å². The molecule has 0 radical (unpaired) electrons. The van der Waals surface area contributed by atoms with Gasteiger partial charge in [0, 0.05) is 0 Å². The monoisotopic (exact) mass is 391 g/mol. The number of likely N-dealkylation sites (tertiary alicyclic amines) is 1. The van der Waals surface area contributed by atoms with Gasteiger partial charge < -0.3 is 32.7 Å². The van der Waals surface area contributed by atoms with Gasteiger partial charge in [-0.05, 0) is 49.8 Å². The van der Waals surface area contributed by atoms with Crippen LogP contribution >= 0.6 is 0 Å². The maximum absolute atomic E-state index is 10.4. The van der Waals surface area contributed by atoms with Crippen LogP contribution in [0.4, 0.5) is 0 Å². The van der Waals surface area contributed by atoms with E-state index in [1.54, 1.807) is 0 Å². The molecule has 2 fully saturated rings. The van der Waals surface area contributed by atoms with Crippen LogP contribution in [-0.4, -0.2) is 84.2 Å². The zero-order valence-corrected chi connectivity index (χ0v) is 17.4. The second kappa shape index (κ2) is 14.4. The fourth-order valence-electron chi connectivity index (χ4n) is 3.47. The molecule has 1 aliphatic carbocycles. The Morgan fingerprint density at radius 2 is 1.65 bits per heavy atom. The van der Waals surface area contributed by atoms with E-state index in [1.807, 2.05) is 41.6 Å². The van der Waals surface area contributed by atoms with Gasteiger partial charge in [-0.3, -0.25) is 4.79 Å². The molecule has 6 nitrogen and oxygen atoms in total. The second-order valence-corrected chi connectivity index (χ2v) is 6.53. The van der Waals surface area contributed by atoms with E-state index in [1.165, 1.54) is 25.7 Å². The summed E-state index contributed by atoms with van der Waals surface area (Å²) in [7, 11) is 0. The number of hydrogen-bond donors (Lipinski definition) is 1. The maximum Gasteiger partial charge on any atom is 2.00 e. The average Bonchev–Trinajstić information content (AvgIpc) is 2.99. The zero-order valence-electron chi connectivity index (χ0n) is 15.2. The number of aliphatic carboxylic acids is 1. The van der Waals surface area contributed by atoms with E-state index >= 15 is 0 Å². The third kappa shape index (κ3) is 8.82. The van der Waals surface area contributed by atoms with Crippen LogP contribution in [0.2, 0.25) is 0 Å². The van der Waals surface area contributed by atoms with Crippen LogP contribution in [0.25, 0.3) is 0 Å². The standard InChI is InChI=1S/C10H11O2.C9H14NO.Ca.2H2O/c1-8(10(11)12)7-9-5-3-2-4-6-9;11-7-10-5-8-3-1-2-4-9(8)6-10;;;/h2-6,8H,1,7H2,(H,11,12);8-9H,1-6H2;;2*1H2/q2*-1;+2;;. The van der Waals surface area contributed by atoms with Crippen LogP contribution in [0.3, 0.4) is 0 Å². The molecular formula is C19H29CaNO5. The van der Waals surface area contributed by atoms with Gasteiger partial charge >= 0.3 is 37.7 Å². The quantitative estimate of drug-likeness (QED) is 0.606. The van der Waals surface area contributed by atoms with Crippen molar-refractivity contribution < 1.29 is 25.6 Å². The number of carboxylic acid groups (broad SMARTS) is 1. The molecule has 2 aliphatic rings. The molecule has 1 amide bonds. The summed E-state index contributed by atoms with van der Waals surface area (Å²) < 4.78 is 0. The molecule has 1 aromatic carbocycles. The number of carbonyl (C=O) groups is 1. The summed E-state index contributed by atoms with van der Waals surface area (Å²) in [5, 5.41) is 8.58. The van der Waals surface area contributed by atoms with Gasteiger partial charge in [0.1, 0.15) is 0 Å². The van der Waals surface area contributed by atoms with Crippen molar-refractivity contribution in [2.24, 2.45) is 17.8 Å². The van der Waals surface area contributed by atoms with E-state index in [0.29, 0.717) is 6.42 Å². The van der Waals surface area contributed by atoms with Crippen LogP contribution < -0.4 is 0 Å². The molecule has 26 heavy (non-hydrogen) atoms. The molecule has 3 atom stereocenters. The minimum atomic E-state index is -0.848. The molecule has 1 saturated heterocycles. The van der Waals surface area contributed by atoms with Crippen molar-refractivity contribution in [1.29, 1.82) is 0 Å². The molecule has 3 rings (SSSR count).